The average Bonchev–Trinajstić information content (AvgIpc) is 3.23. The van der Waals surface area contributed by atoms with Crippen LogP contribution in [0.25, 0.3) is 0 Å². The number of amides is 1. The summed E-state index contributed by atoms with van der Waals surface area (Å²) in [5.41, 5.74) is 3.94. The van der Waals surface area contributed by atoms with Gasteiger partial charge in [-0.15, -0.1) is 0 Å². The molecule has 1 aliphatic heterocycles. The number of hydrogen-bond acceptors (Lipinski definition) is 7. The minimum atomic E-state index is -0.329. The topological polar surface area (TPSA) is 97.8 Å². The molecule has 8 nitrogen and oxygen atoms in total. The minimum Gasteiger partial charge on any atom is -0.272 e. The van der Waals surface area contributed by atoms with Crippen LogP contribution in [0.5, 0.6) is 0 Å². The van der Waals surface area contributed by atoms with Crippen LogP contribution >= 0.6 is 0 Å². The Bertz CT molecular complexity index is 1140. The molecule has 3 aliphatic carbocycles. The van der Waals surface area contributed by atoms with E-state index >= 15 is 0 Å². The molecule has 1 atom stereocenters. The van der Waals surface area contributed by atoms with Crippen molar-refractivity contribution < 1.29 is 4.79 Å². The van der Waals surface area contributed by atoms with E-state index in [0.29, 0.717) is 18.5 Å². The fourth-order valence-electron chi connectivity index (χ4n) is 5.61. The lowest BCUT2D eigenvalue weighted by atomic mass is 9.34. The molecule has 3 fully saturated rings. The van der Waals surface area contributed by atoms with Gasteiger partial charge in [0.25, 0.3) is 0 Å². The Morgan fingerprint density at radius 2 is 2.09 bits per heavy atom. The molecule has 2 bridgehead atoms. The van der Waals surface area contributed by atoms with Crippen LogP contribution < -0.4 is 5.01 Å². The van der Waals surface area contributed by atoms with E-state index in [-0.39, 0.29) is 22.8 Å². The van der Waals surface area contributed by atoms with Crippen molar-refractivity contribution in [3.05, 3.63) is 53.1 Å². The van der Waals surface area contributed by atoms with Gasteiger partial charge in [0.2, 0.25) is 5.91 Å². The highest BCUT2D eigenvalue weighted by Crippen LogP contribution is 2.74. The molecule has 0 saturated heterocycles. The summed E-state index contributed by atoms with van der Waals surface area (Å²) >= 11 is 0. The summed E-state index contributed by atoms with van der Waals surface area (Å²) in [4.78, 5) is 22.2. The second-order valence-corrected chi connectivity index (χ2v) is 9.40. The van der Waals surface area contributed by atoms with Gasteiger partial charge in [-0.3, -0.25) is 19.8 Å². The minimum absolute atomic E-state index is 0.0692. The van der Waals surface area contributed by atoms with Crippen LogP contribution in [0.4, 0.5) is 5.69 Å². The lowest BCUT2D eigenvalue weighted by molar-refractivity contribution is -0.214. The van der Waals surface area contributed by atoms with Crippen LogP contribution in [0.3, 0.4) is 0 Å². The van der Waals surface area contributed by atoms with Crippen LogP contribution in [0.2, 0.25) is 0 Å². The zero-order valence-corrected chi connectivity index (χ0v) is 18.3. The number of carbonyl (C=O) groups excluding carboxylic acids is 1. The van der Waals surface area contributed by atoms with E-state index in [1.165, 1.54) is 0 Å². The molecule has 2 heterocycles. The van der Waals surface area contributed by atoms with Gasteiger partial charge in [0, 0.05) is 32.1 Å². The van der Waals surface area contributed by atoms with E-state index < -0.39 is 0 Å². The predicted octanol–water partition coefficient (Wildman–Crippen LogP) is 3.52. The van der Waals surface area contributed by atoms with E-state index in [0.717, 1.165) is 41.9 Å². The second-order valence-electron chi connectivity index (χ2n) is 9.40. The summed E-state index contributed by atoms with van der Waals surface area (Å²) < 4.78 is 0. The third kappa shape index (κ3) is 3.08. The SMILES string of the molecule is C=NN(CC12CC(C(=O)N3N=CCC3c3cnc(C)cn3)(C1)C2)c1ccc(C#N)cc1C. The maximum Gasteiger partial charge on any atom is 0.249 e. The molecule has 6 rings (SSSR count). The molecule has 0 N–H and O–H groups in total. The standard InChI is InChI=1S/C24H25N7O/c1-16-8-18(9-25)4-5-20(16)30(26-3)15-23-12-24(13-23,14-23)22(32)31-21(6-7-29-31)19-11-27-17(2)10-28-19/h4-5,7-8,10-11,21H,3,6,12-15H2,1-2H3. The molecule has 1 amide bonds. The predicted molar refractivity (Wildman–Crippen MR) is 121 cm³/mol. The number of anilines is 1. The number of benzene rings is 1. The summed E-state index contributed by atoms with van der Waals surface area (Å²) in [7, 11) is 0. The summed E-state index contributed by atoms with van der Waals surface area (Å²) in [5, 5.41) is 21.3. The number of hydrogen-bond donors (Lipinski definition) is 0. The van der Waals surface area contributed by atoms with Gasteiger partial charge in [-0.2, -0.15) is 15.5 Å². The van der Waals surface area contributed by atoms with Crippen molar-refractivity contribution in [3.8, 4) is 6.07 Å². The van der Waals surface area contributed by atoms with Crippen LogP contribution in [0, 0.1) is 36.0 Å². The Morgan fingerprint density at radius 3 is 2.72 bits per heavy atom. The van der Waals surface area contributed by atoms with Gasteiger partial charge in [0.15, 0.2) is 0 Å². The molecule has 3 saturated carbocycles. The number of rotatable bonds is 6. The number of nitriles is 1. The Labute approximate surface area is 187 Å². The first-order valence-electron chi connectivity index (χ1n) is 10.8. The Hall–Kier alpha value is -3.60. The van der Waals surface area contributed by atoms with Crippen LogP contribution in [0.15, 0.2) is 40.8 Å². The highest BCUT2D eigenvalue weighted by Gasteiger charge is 2.72. The number of aryl methyl sites for hydroxylation is 2. The summed E-state index contributed by atoms with van der Waals surface area (Å²) in [6.45, 7) is 8.34. The monoisotopic (exact) mass is 427 g/mol. The molecule has 32 heavy (non-hydrogen) atoms. The highest BCUT2D eigenvalue weighted by atomic mass is 16.2. The highest BCUT2D eigenvalue weighted by molar-refractivity contribution is 5.88. The van der Waals surface area contributed by atoms with Gasteiger partial charge in [-0.05, 0) is 62.3 Å². The molecule has 2 aromatic rings. The van der Waals surface area contributed by atoms with Crippen LogP contribution in [-0.4, -0.2) is 40.4 Å². The summed E-state index contributed by atoms with van der Waals surface area (Å²) in [6.07, 6.45) is 8.43. The first kappa shape index (κ1) is 20.3. The first-order chi connectivity index (χ1) is 15.4. The van der Waals surface area contributed by atoms with Gasteiger partial charge in [-0.1, -0.05) is 0 Å². The summed E-state index contributed by atoms with van der Waals surface area (Å²) in [6, 6.07) is 7.57. The van der Waals surface area contributed by atoms with Crippen LogP contribution in [0.1, 0.15) is 54.2 Å². The lowest BCUT2D eigenvalue weighted by Gasteiger charge is -2.70. The van der Waals surface area contributed by atoms with Gasteiger partial charge in [0.05, 0.1) is 40.3 Å². The van der Waals surface area contributed by atoms with E-state index in [4.69, 9.17) is 5.26 Å². The number of carbonyl (C=O) groups is 1. The lowest BCUT2D eigenvalue weighted by Crippen LogP contribution is -2.70. The van der Waals surface area contributed by atoms with Gasteiger partial charge in [0.1, 0.15) is 6.04 Å². The molecule has 0 radical (unpaired) electrons. The average molecular weight is 428 g/mol. The number of hydrazone groups is 2. The quantitative estimate of drug-likeness (QED) is 0.519. The van der Waals surface area contributed by atoms with Crippen molar-refractivity contribution in [2.45, 2.75) is 45.6 Å². The molecule has 1 aromatic carbocycles. The van der Waals surface area contributed by atoms with E-state index in [1.807, 2.05) is 31.0 Å². The van der Waals surface area contributed by atoms with Crippen molar-refractivity contribution in [2.24, 2.45) is 21.0 Å². The Morgan fingerprint density at radius 1 is 1.31 bits per heavy atom. The molecule has 162 valence electrons. The second kappa shape index (κ2) is 7.23. The molecule has 0 spiro atoms. The fraction of sp³-hybridized carbons (Fsp3) is 0.417. The smallest absolute Gasteiger partial charge is 0.249 e. The van der Waals surface area contributed by atoms with Gasteiger partial charge >= 0.3 is 0 Å². The number of nitrogens with zero attached hydrogens (tertiary/aromatic N) is 7. The third-order valence-electron chi connectivity index (χ3n) is 7.03. The van der Waals surface area contributed by atoms with Crippen molar-refractivity contribution in [2.75, 3.05) is 11.6 Å². The number of aromatic nitrogens is 2. The van der Waals surface area contributed by atoms with E-state index in [2.05, 4.69) is 33.0 Å². The summed E-state index contributed by atoms with van der Waals surface area (Å²) in [5.74, 6) is 0.0909. The van der Waals surface area contributed by atoms with E-state index in [1.54, 1.807) is 29.7 Å². The zero-order valence-electron chi connectivity index (χ0n) is 18.3. The first-order valence-corrected chi connectivity index (χ1v) is 10.8. The zero-order chi connectivity index (χ0) is 22.5. The molecular formula is C24H25N7O. The van der Waals surface area contributed by atoms with Crippen molar-refractivity contribution in [1.29, 1.82) is 5.26 Å². The van der Waals surface area contributed by atoms with E-state index in [9.17, 15) is 4.79 Å². The molecule has 4 aliphatic rings. The fourth-order valence-corrected chi connectivity index (χ4v) is 5.61. The molecule has 1 aromatic heterocycles. The Balaban J connectivity index is 1.26. The van der Waals surface area contributed by atoms with Crippen molar-refractivity contribution in [1.82, 2.24) is 15.0 Å². The Kier molecular flexibility index (Phi) is 4.59. The maximum atomic E-state index is 13.4. The normalized spacial score (nSPS) is 27.3. The van der Waals surface area contributed by atoms with Gasteiger partial charge in [-0.25, -0.2) is 5.01 Å². The van der Waals surface area contributed by atoms with Crippen molar-refractivity contribution in [3.63, 3.8) is 0 Å². The van der Waals surface area contributed by atoms with Crippen LogP contribution in [-0.2, 0) is 4.79 Å². The molecule has 8 heteroatoms. The van der Waals surface area contributed by atoms with Crippen molar-refractivity contribution >= 4 is 24.5 Å². The molecular weight excluding hydrogens is 402 g/mol. The largest absolute Gasteiger partial charge is 0.272 e. The maximum absolute atomic E-state index is 13.4. The third-order valence-corrected chi connectivity index (χ3v) is 7.03. The molecule has 1 unspecified atom stereocenters. The van der Waals surface area contributed by atoms with Gasteiger partial charge < -0.3 is 0 Å².